The lowest BCUT2D eigenvalue weighted by Crippen LogP contribution is -2.23. The summed E-state index contributed by atoms with van der Waals surface area (Å²) in [5, 5.41) is 13.3. The predicted octanol–water partition coefficient (Wildman–Crippen LogP) is 2.35. The SMILES string of the molecule is CCOCCCNCC(O)c1ccc(C)c(C)c1. The fourth-order valence-electron chi connectivity index (χ4n) is 1.77. The number of benzene rings is 1. The van der Waals surface area contributed by atoms with Crippen LogP contribution in [0, 0.1) is 13.8 Å². The van der Waals surface area contributed by atoms with Crippen molar-refractivity contribution < 1.29 is 9.84 Å². The third kappa shape index (κ3) is 5.17. The Morgan fingerprint density at radius 1 is 1.28 bits per heavy atom. The quantitative estimate of drug-likeness (QED) is 0.697. The van der Waals surface area contributed by atoms with Gasteiger partial charge in [0, 0.05) is 19.8 Å². The van der Waals surface area contributed by atoms with Gasteiger partial charge in [0.1, 0.15) is 0 Å². The van der Waals surface area contributed by atoms with Crippen LogP contribution in [-0.4, -0.2) is 31.4 Å². The van der Waals surface area contributed by atoms with Crippen molar-refractivity contribution in [2.75, 3.05) is 26.3 Å². The summed E-state index contributed by atoms with van der Waals surface area (Å²) in [6, 6.07) is 6.11. The molecule has 0 heterocycles. The van der Waals surface area contributed by atoms with Gasteiger partial charge in [0.05, 0.1) is 6.10 Å². The van der Waals surface area contributed by atoms with Crippen LogP contribution in [0.3, 0.4) is 0 Å². The zero-order valence-electron chi connectivity index (χ0n) is 11.7. The molecule has 0 aromatic heterocycles. The molecule has 1 aromatic rings. The Morgan fingerprint density at radius 3 is 2.72 bits per heavy atom. The van der Waals surface area contributed by atoms with Crippen LogP contribution in [-0.2, 0) is 4.74 Å². The maximum Gasteiger partial charge on any atom is 0.0914 e. The molecule has 0 fully saturated rings. The lowest BCUT2D eigenvalue weighted by Gasteiger charge is -2.13. The van der Waals surface area contributed by atoms with Crippen molar-refractivity contribution in [1.29, 1.82) is 0 Å². The Hall–Kier alpha value is -0.900. The summed E-state index contributed by atoms with van der Waals surface area (Å²) >= 11 is 0. The number of aliphatic hydroxyl groups excluding tert-OH is 1. The summed E-state index contributed by atoms with van der Waals surface area (Å²) in [5.74, 6) is 0. The summed E-state index contributed by atoms with van der Waals surface area (Å²) in [4.78, 5) is 0. The molecule has 0 saturated carbocycles. The maximum atomic E-state index is 10.0. The molecule has 18 heavy (non-hydrogen) atoms. The highest BCUT2D eigenvalue weighted by atomic mass is 16.5. The number of hydrogen-bond donors (Lipinski definition) is 2. The van der Waals surface area contributed by atoms with Gasteiger partial charge in [-0.1, -0.05) is 18.2 Å². The molecule has 1 rings (SSSR count). The average Bonchev–Trinajstić information content (AvgIpc) is 2.36. The smallest absolute Gasteiger partial charge is 0.0914 e. The predicted molar refractivity (Wildman–Crippen MR) is 74.9 cm³/mol. The standard InChI is InChI=1S/C15H25NO2/c1-4-18-9-5-8-16-11-15(17)14-7-6-12(2)13(3)10-14/h6-7,10,15-17H,4-5,8-9,11H2,1-3H3. The van der Waals surface area contributed by atoms with Crippen LogP contribution in [0.25, 0.3) is 0 Å². The van der Waals surface area contributed by atoms with Crippen molar-refractivity contribution in [2.24, 2.45) is 0 Å². The number of rotatable bonds is 8. The van der Waals surface area contributed by atoms with Gasteiger partial charge >= 0.3 is 0 Å². The lowest BCUT2D eigenvalue weighted by molar-refractivity contribution is 0.141. The molecule has 0 saturated heterocycles. The van der Waals surface area contributed by atoms with Crippen LogP contribution in [0.1, 0.15) is 36.1 Å². The fraction of sp³-hybridized carbons (Fsp3) is 0.600. The van der Waals surface area contributed by atoms with Crippen LogP contribution < -0.4 is 5.32 Å². The maximum absolute atomic E-state index is 10.0. The third-order valence-electron chi connectivity index (χ3n) is 3.10. The molecule has 0 aliphatic rings. The van der Waals surface area contributed by atoms with Crippen molar-refractivity contribution in [3.8, 4) is 0 Å². The summed E-state index contributed by atoms with van der Waals surface area (Å²) in [7, 11) is 0. The lowest BCUT2D eigenvalue weighted by atomic mass is 10.0. The van der Waals surface area contributed by atoms with Gasteiger partial charge in [-0.3, -0.25) is 0 Å². The molecule has 3 heteroatoms. The van der Waals surface area contributed by atoms with E-state index >= 15 is 0 Å². The average molecular weight is 251 g/mol. The number of ether oxygens (including phenoxy) is 1. The summed E-state index contributed by atoms with van der Waals surface area (Å²) < 4.78 is 5.25. The monoisotopic (exact) mass is 251 g/mol. The van der Waals surface area contributed by atoms with Crippen molar-refractivity contribution in [1.82, 2.24) is 5.32 Å². The Morgan fingerprint density at radius 2 is 2.06 bits per heavy atom. The molecular formula is C15H25NO2. The topological polar surface area (TPSA) is 41.5 Å². The molecule has 0 radical (unpaired) electrons. The molecule has 3 nitrogen and oxygen atoms in total. The molecule has 1 atom stereocenters. The zero-order valence-corrected chi connectivity index (χ0v) is 11.7. The van der Waals surface area contributed by atoms with Crippen molar-refractivity contribution >= 4 is 0 Å². The van der Waals surface area contributed by atoms with E-state index < -0.39 is 6.10 Å². The van der Waals surface area contributed by atoms with Gasteiger partial charge in [0.25, 0.3) is 0 Å². The molecule has 0 bridgehead atoms. The second-order valence-electron chi connectivity index (χ2n) is 4.61. The summed E-state index contributed by atoms with van der Waals surface area (Å²) in [5.41, 5.74) is 3.47. The van der Waals surface area contributed by atoms with Crippen molar-refractivity contribution in [3.63, 3.8) is 0 Å². The molecule has 0 aliphatic heterocycles. The minimum atomic E-state index is -0.434. The van der Waals surface area contributed by atoms with Gasteiger partial charge in [-0.05, 0) is 50.4 Å². The molecule has 0 spiro atoms. The van der Waals surface area contributed by atoms with Crippen LogP contribution in [0.2, 0.25) is 0 Å². The van der Waals surface area contributed by atoms with E-state index in [-0.39, 0.29) is 0 Å². The summed E-state index contributed by atoms with van der Waals surface area (Å²) in [6.07, 6.45) is 0.546. The normalized spacial score (nSPS) is 12.7. The van der Waals surface area contributed by atoms with Gasteiger partial charge < -0.3 is 15.2 Å². The van der Waals surface area contributed by atoms with Gasteiger partial charge in [0.15, 0.2) is 0 Å². The first kappa shape index (κ1) is 15.2. The second kappa shape index (κ2) is 8.25. The molecule has 0 aliphatic carbocycles. The zero-order chi connectivity index (χ0) is 13.4. The van der Waals surface area contributed by atoms with E-state index in [1.165, 1.54) is 11.1 Å². The van der Waals surface area contributed by atoms with Crippen molar-refractivity contribution in [3.05, 3.63) is 34.9 Å². The molecule has 102 valence electrons. The van der Waals surface area contributed by atoms with E-state index in [1.807, 2.05) is 13.0 Å². The van der Waals surface area contributed by atoms with Gasteiger partial charge in [0.2, 0.25) is 0 Å². The summed E-state index contributed by atoms with van der Waals surface area (Å²) in [6.45, 7) is 9.17. The molecular weight excluding hydrogens is 226 g/mol. The Labute approximate surface area is 110 Å². The van der Waals surface area contributed by atoms with Crippen LogP contribution >= 0.6 is 0 Å². The van der Waals surface area contributed by atoms with E-state index in [2.05, 4.69) is 31.3 Å². The molecule has 2 N–H and O–H groups in total. The fourth-order valence-corrected chi connectivity index (χ4v) is 1.77. The van der Waals surface area contributed by atoms with E-state index in [9.17, 15) is 5.11 Å². The van der Waals surface area contributed by atoms with E-state index in [4.69, 9.17) is 4.74 Å². The highest BCUT2D eigenvalue weighted by Gasteiger charge is 2.07. The van der Waals surface area contributed by atoms with Crippen LogP contribution in [0.4, 0.5) is 0 Å². The minimum Gasteiger partial charge on any atom is -0.387 e. The first-order valence-corrected chi connectivity index (χ1v) is 6.68. The van der Waals surface area contributed by atoms with Crippen LogP contribution in [0.5, 0.6) is 0 Å². The number of aryl methyl sites for hydroxylation is 2. The number of aliphatic hydroxyl groups is 1. The third-order valence-corrected chi connectivity index (χ3v) is 3.10. The van der Waals surface area contributed by atoms with Crippen molar-refractivity contribution in [2.45, 2.75) is 33.3 Å². The van der Waals surface area contributed by atoms with Crippen LogP contribution in [0.15, 0.2) is 18.2 Å². The number of hydrogen-bond acceptors (Lipinski definition) is 3. The molecule has 0 amide bonds. The van der Waals surface area contributed by atoms with E-state index in [0.29, 0.717) is 6.54 Å². The Kier molecular flexibility index (Phi) is 6.94. The first-order chi connectivity index (χ1) is 8.65. The highest BCUT2D eigenvalue weighted by Crippen LogP contribution is 2.16. The first-order valence-electron chi connectivity index (χ1n) is 6.68. The largest absolute Gasteiger partial charge is 0.387 e. The van der Waals surface area contributed by atoms with Gasteiger partial charge in [-0.2, -0.15) is 0 Å². The van der Waals surface area contributed by atoms with E-state index in [1.54, 1.807) is 0 Å². The second-order valence-corrected chi connectivity index (χ2v) is 4.61. The van der Waals surface area contributed by atoms with Gasteiger partial charge in [-0.15, -0.1) is 0 Å². The molecule has 1 unspecified atom stereocenters. The number of nitrogens with one attached hydrogen (secondary N) is 1. The van der Waals surface area contributed by atoms with Gasteiger partial charge in [-0.25, -0.2) is 0 Å². The minimum absolute atomic E-state index is 0.434. The highest BCUT2D eigenvalue weighted by molar-refractivity contribution is 5.31. The van der Waals surface area contributed by atoms with E-state index in [0.717, 1.165) is 31.7 Å². The Bertz CT molecular complexity index is 352. The Balaban J connectivity index is 2.27. The molecule has 1 aromatic carbocycles.